The van der Waals surface area contributed by atoms with Crippen molar-refractivity contribution in [3.8, 4) is 0 Å². The molecule has 0 unspecified atom stereocenters. The zero-order valence-corrected chi connectivity index (χ0v) is 10.7. The second-order valence-electron chi connectivity index (χ2n) is 2.99. The number of hydrogen-bond acceptors (Lipinski definition) is 4. The van der Waals surface area contributed by atoms with Gasteiger partial charge in [0.25, 0.3) is 0 Å². The minimum Gasteiger partial charge on any atom is -0.397 e. The van der Waals surface area contributed by atoms with Crippen LogP contribution in [0.5, 0.6) is 0 Å². The minimum atomic E-state index is 0.680. The zero-order chi connectivity index (χ0) is 10.6. The largest absolute Gasteiger partial charge is 0.397 e. The second-order valence-corrected chi connectivity index (χ2v) is 4.83. The number of aromatic nitrogens is 1. The minimum absolute atomic E-state index is 0.680. The molecule has 1 aromatic heterocycles. The number of thioether (sulfide) groups is 1. The molecular formula is C9H14BrN3S. The first-order valence-electron chi connectivity index (χ1n) is 4.26. The molecule has 0 spiro atoms. The molecule has 14 heavy (non-hydrogen) atoms. The lowest BCUT2D eigenvalue weighted by molar-refractivity contribution is 0.943. The van der Waals surface area contributed by atoms with E-state index in [0.717, 1.165) is 22.6 Å². The van der Waals surface area contributed by atoms with E-state index in [1.54, 1.807) is 6.20 Å². The fraction of sp³-hybridized carbons (Fsp3) is 0.444. The van der Waals surface area contributed by atoms with Gasteiger partial charge in [0.05, 0.1) is 16.4 Å². The average molecular weight is 276 g/mol. The number of nitrogens with two attached hydrogens (primary N) is 1. The van der Waals surface area contributed by atoms with Crippen molar-refractivity contribution in [3.63, 3.8) is 0 Å². The van der Waals surface area contributed by atoms with Crippen LogP contribution in [0.2, 0.25) is 0 Å². The molecule has 0 bridgehead atoms. The maximum absolute atomic E-state index is 5.61. The Morgan fingerprint density at radius 2 is 2.36 bits per heavy atom. The molecule has 0 saturated heterocycles. The van der Waals surface area contributed by atoms with Gasteiger partial charge in [0.15, 0.2) is 0 Å². The summed E-state index contributed by atoms with van der Waals surface area (Å²) in [6.07, 6.45) is 3.77. The third kappa shape index (κ3) is 3.06. The van der Waals surface area contributed by atoms with Crippen molar-refractivity contribution in [2.24, 2.45) is 0 Å². The molecule has 0 aromatic carbocycles. The third-order valence-electron chi connectivity index (χ3n) is 1.84. The third-order valence-corrected chi connectivity index (χ3v) is 3.01. The quantitative estimate of drug-likeness (QED) is 0.915. The number of anilines is 2. The predicted octanol–water partition coefficient (Wildman–Crippen LogP) is 2.23. The molecule has 1 aromatic rings. The molecule has 0 aliphatic carbocycles. The van der Waals surface area contributed by atoms with Crippen LogP contribution in [0.25, 0.3) is 0 Å². The first-order chi connectivity index (χ1) is 6.65. The Kier molecular flexibility index (Phi) is 4.54. The highest BCUT2D eigenvalue weighted by Crippen LogP contribution is 2.24. The molecule has 0 amide bonds. The maximum Gasteiger partial charge on any atom is 0.142 e. The molecule has 0 atom stereocenters. The molecule has 5 heteroatoms. The number of hydrogen-bond donors (Lipinski definition) is 1. The summed E-state index contributed by atoms with van der Waals surface area (Å²) >= 11 is 5.27. The molecule has 1 heterocycles. The zero-order valence-electron chi connectivity index (χ0n) is 8.33. The van der Waals surface area contributed by atoms with Crippen LogP contribution in [0.3, 0.4) is 0 Å². The molecule has 2 N–H and O–H groups in total. The fourth-order valence-corrected chi connectivity index (χ4v) is 2.19. The Morgan fingerprint density at radius 3 is 2.93 bits per heavy atom. The van der Waals surface area contributed by atoms with Crippen LogP contribution in [0, 0.1) is 0 Å². The van der Waals surface area contributed by atoms with Gasteiger partial charge in [0.2, 0.25) is 0 Å². The lowest BCUT2D eigenvalue weighted by atomic mass is 10.4. The second kappa shape index (κ2) is 5.46. The van der Waals surface area contributed by atoms with Crippen molar-refractivity contribution < 1.29 is 0 Å². The Bertz CT molecular complexity index is 306. The van der Waals surface area contributed by atoms with Crippen molar-refractivity contribution in [2.45, 2.75) is 0 Å². The van der Waals surface area contributed by atoms with Crippen LogP contribution >= 0.6 is 27.7 Å². The highest BCUT2D eigenvalue weighted by Gasteiger charge is 2.06. The van der Waals surface area contributed by atoms with Crippen molar-refractivity contribution in [1.29, 1.82) is 0 Å². The van der Waals surface area contributed by atoms with Gasteiger partial charge >= 0.3 is 0 Å². The Balaban J connectivity index is 2.74. The van der Waals surface area contributed by atoms with Gasteiger partial charge in [0, 0.05) is 19.3 Å². The first-order valence-corrected chi connectivity index (χ1v) is 6.45. The number of halogens is 1. The van der Waals surface area contributed by atoms with E-state index < -0.39 is 0 Å². The summed E-state index contributed by atoms with van der Waals surface area (Å²) in [5.74, 6) is 2.03. The molecule has 78 valence electrons. The molecule has 0 fully saturated rings. The van der Waals surface area contributed by atoms with Crippen LogP contribution in [0.1, 0.15) is 0 Å². The molecule has 0 saturated carbocycles. The first kappa shape index (κ1) is 11.7. The van der Waals surface area contributed by atoms with Gasteiger partial charge in [-0.1, -0.05) is 0 Å². The van der Waals surface area contributed by atoms with Gasteiger partial charge in [-0.25, -0.2) is 4.98 Å². The van der Waals surface area contributed by atoms with E-state index in [9.17, 15) is 0 Å². The Morgan fingerprint density at radius 1 is 1.64 bits per heavy atom. The van der Waals surface area contributed by atoms with E-state index in [1.165, 1.54) is 0 Å². The van der Waals surface area contributed by atoms with Crippen LogP contribution in [0.4, 0.5) is 11.5 Å². The summed E-state index contributed by atoms with van der Waals surface area (Å²) in [7, 11) is 2.03. The molecule has 3 nitrogen and oxygen atoms in total. The maximum atomic E-state index is 5.61. The topological polar surface area (TPSA) is 42.2 Å². The number of pyridine rings is 1. The van der Waals surface area contributed by atoms with Crippen molar-refractivity contribution in [2.75, 3.05) is 36.2 Å². The van der Waals surface area contributed by atoms with E-state index in [1.807, 2.05) is 24.9 Å². The van der Waals surface area contributed by atoms with Crippen molar-refractivity contribution >= 4 is 39.2 Å². The van der Waals surface area contributed by atoms with Crippen LogP contribution in [-0.4, -0.2) is 30.6 Å². The SMILES string of the molecule is CSCCN(C)c1ncc(N)cc1Br. The molecule has 0 aliphatic rings. The summed E-state index contributed by atoms with van der Waals surface area (Å²) in [4.78, 5) is 6.39. The monoisotopic (exact) mass is 275 g/mol. The number of rotatable bonds is 4. The van der Waals surface area contributed by atoms with Gasteiger partial charge in [0.1, 0.15) is 5.82 Å². The Hall–Kier alpha value is -0.420. The highest BCUT2D eigenvalue weighted by molar-refractivity contribution is 9.10. The summed E-state index contributed by atoms with van der Waals surface area (Å²) in [6, 6.07) is 1.87. The number of nitrogens with zero attached hydrogens (tertiary/aromatic N) is 2. The summed E-state index contributed by atoms with van der Waals surface area (Å²) in [5.41, 5.74) is 6.29. The van der Waals surface area contributed by atoms with E-state index in [4.69, 9.17) is 5.73 Å². The average Bonchev–Trinajstić information content (AvgIpc) is 2.14. The van der Waals surface area contributed by atoms with E-state index >= 15 is 0 Å². The van der Waals surface area contributed by atoms with E-state index in [-0.39, 0.29) is 0 Å². The van der Waals surface area contributed by atoms with Gasteiger partial charge < -0.3 is 10.6 Å². The molecular weight excluding hydrogens is 262 g/mol. The van der Waals surface area contributed by atoms with E-state index in [2.05, 4.69) is 32.1 Å². The summed E-state index contributed by atoms with van der Waals surface area (Å²) in [5, 5.41) is 0. The van der Waals surface area contributed by atoms with Crippen LogP contribution in [-0.2, 0) is 0 Å². The van der Waals surface area contributed by atoms with E-state index in [0.29, 0.717) is 5.69 Å². The number of nitrogen functional groups attached to an aromatic ring is 1. The smallest absolute Gasteiger partial charge is 0.142 e. The molecule has 0 aliphatic heterocycles. The Labute approximate surface area is 97.2 Å². The van der Waals surface area contributed by atoms with Crippen molar-refractivity contribution in [1.82, 2.24) is 4.98 Å². The van der Waals surface area contributed by atoms with Gasteiger partial charge in [-0.05, 0) is 28.3 Å². The normalized spacial score (nSPS) is 10.2. The van der Waals surface area contributed by atoms with Crippen LogP contribution in [0.15, 0.2) is 16.7 Å². The molecule has 1 rings (SSSR count). The highest BCUT2D eigenvalue weighted by atomic mass is 79.9. The standard InChI is InChI=1S/C9H14BrN3S/c1-13(3-4-14-2)9-8(10)5-7(11)6-12-9/h5-6H,3-4,11H2,1-2H3. The summed E-state index contributed by atoms with van der Waals surface area (Å²) < 4.78 is 0.945. The summed E-state index contributed by atoms with van der Waals surface area (Å²) in [6.45, 7) is 0.983. The van der Waals surface area contributed by atoms with Crippen molar-refractivity contribution in [3.05, 3.63) is 16.7 Å². The van der Waals surface area contributed by atoms with Gasteiger partial charge in [-0.3, -0.25) is 0 Å². The van der Waals surface area contributed by atoms with Gasteiger partial charge in [-0.15, -0.1) is 0 Å². The lowest BCUT2D eigenvalue weighted by Crippen LogP contribution is -2.21. The van der Waals surface area contributed by atoms with Gasteiger partial charge in [-0.2, -0.15) is 11.8 Å². The molecule has 0 radical (unpaired) electrons. The van der Waals surface area contributed by atoms with Crippen LogP contribution < -0.4 is 10.6 Å². The predicted molar refractivity (Wildman–Crippen MR) is 68.0 cm³/mol. The lowest BCUT2D eigenvalue weighted by Gasteiger charge is -2.18. The fourth-order valence-electron chi connectivity index (χ4n) is 1.06.